The predicted molar refractivity (Wildman–Crippen MR) is 141 cm³/mol. The Labute approximate surface area is 205 Å². The minimum atomic E-state index is -0.923. The van der Waals surface area contributed by atoms with Crippen LogP contribution in [-0.2, 0) is 6.42 Å². The average molecular weight is 467 g/mol. The number of benzene rings is 3. The number of carbonyl (C=O) groups is 1. The lowest BCUT2D eigenvalue weighted by molar-refractivity contribution is 0.0697. The highest BCUT2D eigenvalue weighted by atomic mass is 16.4. The first-order chi connectivity index (χ1) is 17.0. The average Bonchev–Trinajstić information content (AvgIpc) is 3.45. The zero-order valence-electron chi connectivity index (χ0n) is 20.5. The molecule has 1 aliphatic heterocycles. The Morgan fingerprint density at radius 3 is 2.60 bits per heavy atom. The summed E-state index contributed by atoms with van der Waals surface area (Å²) in [7, 11) is 2.08. The van der Waals surface area contributed by atoms with Crippen LogP contribution in [0.2, 0.25) is 0 Å². The van der Waals surface area contributed by atoms with Crippen LogP contribution in [0.25, 0.3) is 27.8 Å². The predicted octanol–water partition coefficient (Wildman–Crippen LogP) is 5.73. The molecule has 35 heavy (non-hydrogen) atoms. The van der Waals surface area contributed by atoms with Crippen molar-refractivity contribution in [2.75, 3.05) is 20.1 Å². The zero-order valence-corrected chi connectivity index (χ0v) is 20.5. The van der Waals surface area contributed by atoms with Gasteiger partial charge < -0.3 is 10.0 Å². The molecular formula is C29H30N4O2. The minimum Gasteiger partial charge on any atom is -0.478 e. The van der Waals surface area contributed by atoms with Gasteiger partial charge in [0.05, 0.1) is 28.8 Å². The summed E-state index contributed by atoms with van der Waals surface area (Å²) in [5, 5.41) is 9.78. The molecule has 1 N–H and O–H groups in total. The molecule has 0 saturated carbocycles. The maximum absolute atomic E-state index is 11.9. The molecule has 0 bridgehead atoms. The molecule has 0 atom stereocenters. The maximum Gasteiger partial charge on any atom is 0.336 e. The molecule has 0 amide bonds. The van der Waals surface area contributed by atoms with Crippen molar-refractivity contribution < 1.29 is 9.90 Å². The Hall–Kier alpha value is -3.93. The number of aryl methyl sites for hydroxylation is 1. The number of hydrogen-bond acceptors (Lipinski definition) is 4. The highest BCUT2D eigenvalue weighted by Crippen LogP contribution is 2.33. The molecule has 0 radical (unpaired) electrons. The van der Waals surface area contributed by atoms with Gasteiger partial charge in [-0.3, -0.25) is 9.56 Å². The molecule has 2 heterocycles. The van der Waals surface area contributed by atoms with Crippen LogP contribution in [0.4, 0.5) is 0 Å². The SMILES string of the molecule is CCCCc1nc2ccc(C3=NCCN3C)cc2n1-c1cccc(-c2ccccc2C(=O)O)c1C. The van der Waals surface area contributed by atoms with Crippen LogP contribution < -0.4 is 0 Å². The van der Waals surface area contributed by atoms with Gasteiger partial charge in [0.2, 0.25) is 0 Å². The molecule has 0 aliphatic carbocycles. The molecule has 0 fully saturated rings. The number of imidazole rings is 1. The number of nitrogens with zero attached hydrogens (tertiary/aromatic N) is 4. The van der Waals surface area contributed by atoms with Crippen LogP contribution in [-0.4, -0.2) is 51.5 Å². The van der Waals surface area contributed by atoms with E-state index in [2.05, 4.69) is 54.6 Å². The summed E-state index contributed by atoms with van der Waals surface area (Å²) in [4.78, 5) is 23.8. The molecule has 178 valence electrons. The van der Waals surface area contributed by atoms with Gasteiger partial charge in [0, 0.05) is 25.6 Å². The number of amidine groups is 1. The number of likely N-dealkylation sites (N-methyl/N-ethyl adjacent to an activating group) is 1. The van der Waals surface area contributed by atoms with E-state index in [1.54, 1.807) is 12.1 Å². The fraction of sp³-hybridized carbons (Fsp3) is 0.276. The number of aromatic nitrogens is 2. The van der Waals surface area contributed by atoms with Crippen LogP contribution in [0.5, 0.6) is 0 Å². The lowest BCUT2D eigenvalue weighted by Gasteiger charge is -2.17. The van der Waals surface area contributed by atoms with Crippen LogP contribution in [0.3, 0.4) is 0 Å². The van der Waals surface area contributed by atoms with Gasteiger partial charge in [0.1, 0.15) is 11.7 Å². The van der Waals surface area contributed by atoms with E-state index in [-0.39, 0.29) is 0 Å². The number of aromatic carboxylic acids is 1. The van der Waals surface area contributed by atoms with Crippen molar-refractivity contribution in [2.24, 2.45) is 4.99 Å². The number of fused-ring (bicyclic) bond motifs is 1. The first-order valence-electron chi connectivity index (χ1n) is 12.2. The third-order valence-electron chi connectivity index (χ3n) is 6.79. The first-order valence-corrected chi connectivity index (χ1v) is 12.2. The zero-order chi connectivity index (χ0) is 24.5. The number of carboxylic acid groups (broad SMARTS) is 1. The Bertz CT molecular complexity index is 1450. The van der Waals surface area contributed by atoms with Gasteiger partial charge in [0.25, 0.3) is 0 Å². The second-order valence-electron chi connectivity index (χ2n) is 9.10. The van der Waals surface area contributed by atoms with Crippen molar-refractivity contribution in [2.45, 2.75) is 33.1 Å². The van der Waals surface area contributed by atoms with E-state index in [1.807, 2.05) is 24.3 Å². The summed E-state index contributed by atoms with van der Waals surface area (Å²) in [5.74, 6) is 1.11. The number of carboxylic acids is 1. The van der Waals surface area contributed by atoms with Gasteiger partial charge in [-0.2, -0.15) is 0 Å². The highest BCUT2D eigenvalue weighted by molar-refractivity contribution is 6.02. The van der Waals surface area contributed by atoms with Gasteiger partial charge in [-0.25, -0.2) is 9.78 Å². The monoisotopic (exact) mass is 466 g/mol. The molecule has 0 spiro atoms. The van der Waals surface area contributed by atoms with Gasteiger partial charge in [0.15, 0.2) is 0 Å². The summed E-state index contributed by atoms with van der Waals surface area (Å²) >= 11 is 0. The van der Waals surface area contributed by atoms with Crippen LogP contribution in [0, 0.1) is 6.92 Å². The fourth-order valence-corrected chi connectivity index (χ4v) is 4.94. The first kappa shape index (κ1) is 22.8. The Kier molecular flexibility index (Phi) is 6.12. The summed E-state index contributed by atoms with van der Waals surface area (Å²) in [6, 6.07) is 19.7. The third-order valence-corrected chi connectivity index (χ3v) is 6.79. The largest absolute Gasteiger partial charge is 0.478 e. The molecule has 4 aromatic rings. The van der Waals surface area contributed by atoms with Crippen molar-refractivity contribution in [3.05, 3.63) is 83.2 Å². The molecule has 5 rings (SSSR count). The Morgan fingerprint density at radius 2 is 1.86 bits per heavy atom. The second kappa shape index (κ2) is 9.37. The van der Waals surface area contributed by atoms with E-state index in [1.165, 1.54) is 0 Å². The summed E-state index contributed by atoms with van der Waals surface area (Å²) in [5.41, 5.74) is 7.08. The van der Waals surface area contributed by atoms with Crippen LogP contribution in [0.1, 0.15) is 47.1 Å². The van der Waals surface area contributed by atoms with Gasteiger partial charge in [-0.15, -0.1) is 0 Å². The highest BCUT2D eigenvalue weighted by Gasteiger charge is 2.20. The number of aliphatic imine (C=N–C) groups is 1. The molecule has 3 aromatic carbocycles. The number of unbranched alkanes of at least 4 members (excludes halogenated alkanes) is 1. The van der Waals surface area contributed by atoms with Crippen molar-refractivity contribution in [3.63, 3.8) is 0 Å². The van der Waals surface area contributed by atoms with E-state index < -0.39 is 5.97 Å². The molecule has 6 nitrogen and oxygen atoms in total. The lowest BCUT2D eigenvalue weighted by Crippen LogP contribution is -2.23. The van der Waals surface area contributed by atoms with E-state index in [9.17, 15) is 9.90 Å². The smallest absolute Gasteiger partial charge is 0.336 e. The van der Waals surface area contributed by atoms with Gasteiger partial charge in [-0.05, 0) is 60.4 Å². The Balaban J connectivity index is 1.73. The quantitative estimate of drug-likeness (QED) is 0.377. The standard InChI is InChI=1S/C29H30N4O2/c1-4-5-13-27-31-24-15-14-20(28-30-16-17-32(28)3)18-26(24)33(27)25-12-8-11-21(19(25)2)22-9-6-7-10-23(22)29(34)35/h6-12,14-15,18H,4-5,13,16-17H2,1-3H3,(H,34,35). The number of rotatable bonds is 7. The summed E-state index contributed by atoms with van der Waals surface area (Å²) in [6.45, 7) is 6.00. The molecular weight excluding hydrogens is 436 g/mol. The summed E-state index contributed by atoms with van der Waals surface area (Å²) < 4.78 is 2.26. The van der Waals surface area contributed by atoms with Gasteiger partial charge in [-0.1, -0.05) is 43.7 Å². The second-order valence-corrected chi connectivity index (χ2v) is 9.10. The van der Waals surface area contributed by atoms with Crippen LogP contribution >= 0.6 is 0 Å². The molecule has 1 aromatic heterocycles. The van der Waals surface area contributed by atoms with E-state index in [4.69, 9.17) is 9.98 Å². The van der Waals surface area contributed by atoms with E-state index >= 15 is 0 Å². The van der Waals surface area contributed by atoms with E-state index in [0.29, 0.717) is 5.56 Å². The molecule has 1 aliphatic rings. The van der Waals surface area contributed by atoms with Crippen molar-refractivity contribution >= 4 is 22.8 Å². The van der Waals surface area contributed by atoms with Crippen molar-refractivity contribution in [1.82, 2.24) is 14.5 Å². The fourth-order valence-electron chi connectivity index (χ4n) is 4.94. The van der Waals surface area contributed by atoms with Crippen molar-refractivity contribution in [1.29, 1.82) is 0 Å². The lowest BCUT2D eigenvalue weighted by atomic mass is 9.95. The molecule has 0 saturated heterocycles. The molecule has 6 heteroatoms. The molecule has 0 unspecified atom stereocenters. The van der Waals surface area contributed by atoms with Crippen LogP contribution in [0.15, 0.2) is 65.7 Å². The minimum absolute atomic E-state index is 0.305. The maximum atomic E-state index is 11.9. The third kappa shape index (κ3) is 4.09. The Morgan fingerprint density at radius 1 is 1.06 bits per heavy atom. The summed E-state index contributed by atoms with van der Waals surface area (Å²) in [6.07, 6.45) is 3.00. The number of hydrogen-bond donors (Lipinski definition) is 1. The van der Waals surface area contributed by atoms with Gasteiger partial charge >= 0.3 is 5.97 Å². The van der Waals surface area contributed by atoms with E-state index in [0.717, 1.165) is 83.0 Å². The normalized spacial score (nSPS) is 13.5. The van der Waals surface area contributed by atoms with Crippen molar-refractivity contribution in [3.8, 4) is 16.8 Å². The topological polar surface area (TPSA) is 70.7 Å².